The summed E-state index contributed by atoms with van der Waals surface area (Å²) < 4.78 is 0. The van der Waals surface area contributed by atoms with Gasteiger partial charge in [-0.1, -0.05) is 19.3 Å². The molecule has 4 nitrogen and oxygen atoms in total. The molecule has 108 valence electrons. The third-order valence-corrected chi connectivity index (χ3v) is 4.35. The smallest absolute Gasteiger partial charge is 0.224 e. The second-order valence-corrected chi connectivity index (χ2v) is 5.83. The van der Waals surface area contributed by atoms with Crippen molar-refractivity contribution in [3.63, 3.8) is 0 Å². The van der Waals surface area contributed by atoms with Gasteiger partial charge in [-0.05, 0) is 32.1 Å². The van der Waals surface area contributed by atoms with Crippen LogP contribution in [0.15, 0.2) is 4.99 Å². The summed E-state index contributed by atoms with van der Waals surface area (Å²) in [7, 11) is 0. The number of hydrogen-bond acceptors (Lipinski definition) is 2. The first kappa shape index (κ1) is 14.4. The first-order valence-corrected chi connectivity index (χ1v) is 7.85. The maximum atomic E-state index is 12.0. The van der Waals surface area contributed by atoms with Crippen molar-refractivity contribution < 1.29 is 4.79 Å². The minimum absolute atomic E-state index is 0.250. The number of amides is 1. The van der Waals surface area contributed by atoms with Gasteiger partial charge in [0.1, 0.15) is 0 Å². The molecule has 1 aliphatic carbocycles. The van der Waals surface area contributed by atoms with E-state index < -0.39 is 0 Å². The molecule has 2 fully saturated rings. The quantitative estimate of drug-likeness (QED) is 0.626. The summed E-state index contributed by atoms with van der Waals surface area (Å²) >= 11 is 0. The Morgan fingerprint density at radius 1 is 1.05 bits per heavy atom. The maximum absolute atomic E-state index is 12.0. The summed E-state index contributed by atoms with van der Waals surface area (Å²) in [5.74, 6) is 1.50. The fourth-order valence-electron chi connectivity index (χ4n) is 3.11. The summed E-state index contributed by atoms with van der Waals surface area (Å²) in [5.41, 5.74) is 6.04. The molecular weight excluding hydrogens is 238 g/mol. The van der Waals surface area contributed by atoms with E-state index >= 15 is 0 Å². The molecule has 0 atom stereocenters. The van der Waals surface area contributed by atoms with E-state index in [0.717, 1.165) is 31.8 Å². The Morgan fingerprint density at radius 2 is 1.68 bits per heavy atom. The van der Waals surface area contributed by atoms with Crippen molar-refractivity contribution in [2.45, 2.75) is 57.8 Å². The molecule has 0 aromatic carbocycles. The van der Waals surface area contributed by atoms with Gasteiger partial charge >= 0.3 is 0 Å². The van der Waals surface area contributed by atoms with Gasteiger partial charge in [0.05, 0.1) is 5.84 Å². The Bertz CT molecular complexity index is 315. The van der Waals surface area contributed by atoms with E-state index in [1.54, 1.807) is 0 Å². The number of amidine groups is 1. The molecule has 0 aromatic rings. The van der Waals surface area contributed by atoms with E-state index in [0.29, 0.717) is 18.9 Å². The van der Waals surface area contributed by atoms with Crippen molar-refractivity contribution >= 4 is 11.7 Å². The van der Waals surface area contributed by atoms with Gasteiger partial charge in [-0.2, -0.15) is 0 Å². The summed E-state index contributed by atoms with van der Waals surface area (Å²) in [6.07, 6.45) is 10.3. The third kappa shape index (κ3) is 4.51. The highest BCUT2D eigenvalue weighted by Gasteiger charge is 2.18. The maximum Gasteiger partial charge on any atom is 0.224 e. The number of likely N-dealkylation sites (tertiary alicyclic amines) is 1. The standard InChI is InChI=1S/C15H27N3O/c16-15(13-7-3-1-4-8-13)17-10-9-14(19)18-11-5-2-6-12-18/h13H,1-12H2,(H2,16,17). The van der Waals surface area contributed by atoms with Crippen LogP contribution in [0.4, 0.5) is 0 Å². The first-order valence-electron chi connectivity index (χ1n) is 7.85. The summed E-state index contributed by atoms with van der Waals surface area (Å²) in [5, 5.41) is 0. The predicted molar refractivity (Wildman–Crippen MR) is 78.1 cm³/mol. The summed E-state index contributed by atoms with van der Waals surface area (Å²) in [6, 6.07) is 0. The highest BCUT2D eigenvalue weighted by Crippen LogP contribution is 2.23. The third-order valence-electron chi connectivity index (χ3n) is 4.35. The van der Waals surface area contributed by atoms with Crippen LogP contribution in [-0.2, 0) is 4.79 Å². The van der Waals surface area contributed by atoms with E-state index in [1.807, 2.05) is 4.90 Å². The topological polar surface area (TPSA) is 58.7 Å². The van der Waals surface area contributed by atoms with Crippen LogP contribution < -0.4 is 5.73 Å². The summed E-state index contributed by atoms with van der Waals surface area (Å²) in [4.78, 5) is 18.4. The molecule has 0 radical (unpaired) electrons. The lowest BCUT2D eigenvalue weighted by molar-refractivity contribution is -0.131. The number of carbonyl (C=O) groups excluding carboxylic acids is 1. The number of rotatable bonds is 4. The van der Waals surface area contributed by atoms with Gasteiger partial charge in [0, 0.05) is 32.0 Å². The molecule has 19 heavy (non-hydrogen) atoms. The van der Waals surface area contributed by atoms with E-state index in [2.05, 4.69) is 4.99 Å². The van der Waals surface area contributed by atoms with Crippen molar-refractivity contribution in [2.24, 2.45) is 16.6 Å². The van der Waals surface area contributed by atoms with Crippen molar-refractivity contribution in [3.05, 3.63) is 0 Å². The van der Waals surface area contributed by atoms with Crippen LogP contribution in [0, 0.1) is 5.92 Å². The number of nitrogens with zero attached hydrogens (tertiary/aromatic N) is 2. The van der Waals surface area contributed by atoms with Gasteiger partial charge in [0.2, 0.25) is 5.91 Å². The Balaban J connectivity index is 1.70. The van der Waals surface area contributed by atoms with Crippen molar-refractivity contribution in [3.8, 4) is 0 Å². The lowest BCUT2D eigenvalue weighted by atomic mass is 9.88. The fourth-order valence-corrected chi connectivity index (χ4v) is 3.11. The molecule has 2 rings (SSSR count). The Kier molecular flexibility index (Phi) is 5.67. The van der Waals surface area contributed by atoms with E-state index in [-0.39, 0.29) is 5.91 Å². The minimum atomic E-state index is 0.250. The molecule has 0 bridgehead atoms. The van der Waals surface area contributed by atoms with Crippen LogP contribution in [0.3, 0.4) is 0 Å². The SMILES string of the molecule is NC(=NCCC(=O)N1CCCCC1)C1CCCCC1. The zero-order valence-electron chi connectivity index (χ0n) is 11.9. The van der Waals surface area contributed by atoms with Gasteiger partial charge in [-0.15, -0.1) is 0 Å². The van der Waals surface area contributed by atoms with Crippen LogP contribution in [-0.4, -0.2) is 36.3 Å². The molecule has 0 unspecified atom stereocenters. The molecule has 0 spiro atoms. The monoisotopic (exact) mass is 265 g/mol. The van der Waals surface area contributed by atoms with Gasteiger partial charge < -0.3 is 10.6 Å². The molecule has 1 aliphatic heterocycles. The molecule has 1 saturated heterocycles. The Hall–Kier alpha value is -1.06. The van der Waals surface area contributed by atoms with Crippen LogP contribution in [0.2, 0.25) is 0 Å². The highest BCUT2D eigenvalue weighted by atomic mass is 16.2. The average Bonchev–Trinajstić information content (AvgIpc) is 2.49. The van der Waals surface area contributed by atoms with Crippen LogP contribution in [0.1, 0.15) is 57.8 Å². The largest absolute Gasteiger partial charge is 0.387 e. The normalized spacial score (nSPS) is 22.5. The molecule has 1 amide bonds. The van der Waals surface area contributed by atoms with Crippen LogP contribution >= 0.6 is 0 Å². The number of hydrogen-bond donors (Lipinski definition) is 1. The van der Waals surface area contributed by atoms with E-state index in [1.165, 1.54) is 38.5 Å². The number of nitrogens with two attached hydrogens (primary N) is 1. The van der Waals surface area contributed by atoms with Gasteiger partial charge in [0.15, 0.2) is 0 Å². The first-order chi connectivity index (χ1) is 9.27. The van der Waals surface area contributed by atoms with Crippen molar-refractivity contribution in [2.75, 3.05) is 19.6 Å². The lowest BCUT2D eigenvalue weighted by Crippen LogP contribution is -2.36. The molecule has 4 heteroatoms. The molecule has 1 saturated carbocycles. The van der Waals surface area contributed by atoms with Gasteiger partial charge in [-0.25, -0.2) is 0 Å². The Labute approximate surface area is 116 Å². The Morgan fingerprint density at radius 3 is 2.37 bits per heavy atom. The fraction of sp³-hybridized carbons (Fsp3) is 0.867. The minimum Gasteiger partial charge on any atom is -0.387 e. The zero-order chi connectivity index (χ0) is 13.5. The molecule has 0 aromatic heterocycles. The zero-order valence-corrected chi connectivity index (χ0v) is 11.9. The van der Waals surface area contributed by atoms with Gasteiger partial charge in [-0.3, -0.25) is 9.79 Å². The number of carbonyl (C=O) groups is 1. The van der Waals surface area contributed by atoms with Crippen LogP contribution in [0.5, 0.6) is 0 Å². The number of aliphatic imine (C=N–C) groups is 1. The molecule has 2 N–H and O–H groups in total. The molecule has 1 heterocycles. The van der Waals surface area contributed by atoms with Crippen molar-refractivity contribution in [1.29, 1.82) is 0 Å². The van der Waals surface area contributed by atoms with E-state index in [4.69, 9.17) is 5.73 Å². The average molecular weight is 265 g/mol. The van der Waals surface area contributed by atoms with Crippen molar-refractivity contribution in [1.82, 2.24) is 4.90 Å². The number of piperidine rings is 1. The molecule has 2 aliphatic rings. The van der Waals surface area contributed by atoms with E-state index in [9.17, 15) is 4.79 Å². The van der Waals surface area contributed by atoms with Gasteiger partial charge in [0.25, 0.3) is 0 Å². The summed E-state index contributed by atoms with van der Waals surface area (Å²) in [6.45, 7) is 2.43. The predicted octanol–water partition coefficient (Wildman–Crippen LogP) is 2.33. The highest BCUT2D eigenvalue weighted by molar-refractivity contribution is 5.83. The van der Waals surface area contributed by atoms with Crippen LogP contribution in [0.25, 0.3) is 0 Å². The lowest BCUT2D eigenvalue weighted by Gasteiger charge is -2.26. The molecular formula is C15H27N3O. The second kappa shape index (κ2) is 7.51. The second-order valence-electron chi connectivity index (χ2n) is 5.83.